The van der Waals surface area contributed by atoms with Crippen LogP contribution in [-0.4, -0.2) is 29.8 Å². The van der Waals surface area contributed by atoms with Gasteiger partial charge in [-0.25, -0.2) is 9.99 Å². The summed E-state index contributed by atoms with van der Waals surface area (Å²) in [6.07, 6.45) is 0.725. The van der Waals surface area contributed by atoms with Gasteiger partial charge >= 0.3 is 0 Å². The number of hydrogen-bond donors (Lipinski definition) is 0. The quantitative estimate of drug-likeness (QED) is 0.180. The van der Waals surface area contributed by atoms with Crippen molar-refractivity contribution in [1.82, 2.24) is 4.98 Å². The predicted molar refractivity (Wildman–Crippen MR) is 145 cm³/mol. The molecule has 0 saturated carbocycles. The van der Waals surface area contributed by atoms with Crippen molar-refractivity contribution in [3.05, 3.63) is 85.9 Å². The van der Waals surface area contributed by atoms with E-state index in [0.717, 1.165) is 39.0 Å². The Hall–Kier alpha value is -3.28. The Morgan fingerprint density at radius 1 is 1.06 bits per heavy atom. The first-order valence-electron chi connectivity index (χ1n) is 10.4. The van der Waals surface area contributed by atoms with E-state index in [0.29, 0.717) is 11.5 Å². The molecule has 1 unspecified atom stereocenters. The first-order chi connectivity index (χ1) is 16.6. The number of benzene rings is 2. The van der Waals surface area contributed by atoms with Crippen LogP contribution in [0.25, 0.3) is 11.3 Å². The average molecular weight is 573 g/mol. The molecule has 0 amide bonds. The van der Waals surface area contributed by atoms with Crippen LogP contribution in [0.3, 0.4) is 0 Å². The van der Waals surface area contributed by atoms with E-state index in [9.17, 15) is 10.1 Å². The average Bonchev–Trinajstić information content (AvgIpc) is 3.63. The number of nitrogens with zero attached hydrogens (tertiary/aromatic N) is 4. The third kappa shape index (κ3) is 4.93. The van der Waals surface area contributed by atoms with E-state index in [1.165, 1.54) is 23.5 Å². The highest BCUT2D eigenvalue weighted by atomic mass is 79.9. The van der Waals surface area contributed by atoms with Gasteiger partial charge < -0.3 is 9.47 Å². The van der Waals surface area contributed by atoms with Crippen molar-refractivity contribution in [2.75, 3.05) is 19.2 Å². The highest BCUT2D eigenvalue weighted by Crippen LogP contribution is 2.42. The molecular weight excluding hydrogens is 552 g/mol. The lowest BCUT2D eigenvalue weighted by atomic mass is 10.0. The van der Waals surface area contributed by atoms with Gasteiger partial charge in [0, 0.05) is 29.5 Å². The first-order valence-corrected chi connectivity index (χ1v) is 12.2. The van der Waals surface area contributed by atoms with E-state index in [-0.39, 0.29) is 28.7 Å². The maximum absolute atomic E-state index is 11.0. The number of ether oxygens (including phenoxy) is 2. The molecule has 0 radical (unpaired) electrons. The van der Waals surface area contributed by atoms with Gasteiger partial charge in [-0.2, -0.15) is 5.10 Å². The summed E-state index contributed by atoms with van der Waals surface area (Å²) in [5.74, 6) is 1.33. The van der Waals surface area contributed by atoms with Gasteiger partial charge in [-0.3, -0.25) is 10.1 Å². The highest BCUT2D eigenvalue weighted by Gasteiger charge is 2.32. The molecule has 4 aromatic rings. The van der Waals surface area contributed by atoms with Crippen molar-refractivity contribution in [2.45, 2.75) is 12.5 Å². The van der Waals surface area contributed by atoms with Crippen LogP contribution in [0, 0.1) is 10.1 Å². The molecule has 0 aliphatic carbocycles. The summed E-state index contributed by atoms with van der Waals surface area (Å²) in [5.41, 5.74) is 3.66. The number of rotatable bonds is 7. The van der Waals surface area contributed by atoms with Crippen molar-refractivity contribution in [3.63, 3.8) is 0 Å². The second kappa shape index (κ2) is 10.5. The third-order valence-corrected chi connectivity index (χ3v) is 7.32. The van der Waals surface area contributed by atoms with Crippen molar-refractivity contribution in [1.29, 1.82) is 0 Å². The molecule has 8 nitrogen and oxygen atoms in total. The lowest BCUT2D eigenvalue weighted by molar-refractivity contribution is -0.384. The first kappa shape index (κ1) is 24.8. The van der Waals surface area contributed by atoms with Gasteiger partial charge in [-0.05, 0) is 41.3 Å². The molecule has 0 N–H and O–H groups in total. The molecule has 0 fully saturated rings. The molecular formula is C24H21BrN4O4S2. The number of methoxy groups -OCH3 is 2. The van der Waals surface area contributed by atoms with Crippen LogP contribution in [-0.2, 0) is 0 Å². The maximum Gasteiger partial charge on any atom is 0.269 e. The summed E-state index contributed by atoms with van der Waals surface area (Å²) < 4.78 is 10.9. The Morgan fingerprint density at radius 2 is 1.83 bits per heavy atom. The number of nitro benzene ring substituents is 1. The number of hydrazone groups is 1. The fourth-order valence-corrected chi connectivity index (χ4v) is 5.41. The van der Waals surface area contributed by atoms with Crippen LogP contribution in [0.5, 0.6) is 11.5 Å². The molecule has 5 rings (SSSR count). The molecule has 0 bridgehead atoms. The Morgan fingerprint density at radius 3 is 2.49 bits per heavy atom. The number of thiazole rings is 1. The Labute approximate surface area is 220 Å². The van der Waals surface area contributed by atoms with Gasteiger partial charge in [0.25, 0.3) is 5.69 Å². The molecule has 35 heavy (non-hydrogen) atoms. The monoisotopic (exact) mass is 572 g/mol. The fraction of sp³-hybridized carbons (Fsp3) is 0.167. The predicted octanol–water partition coefficient (Wildman–Crippen LogP) is 6.73. The molecule has 1 atom stereocenters. The lowest BCUT2D eigenvalue weighted by Gasteiger charge is -2.22. The van der Waals surface area contributed by atoms with Crippen molar-refractivity contribution in [2.24, 2.45) is 5.10 Å². The van der Waals surface area contributed by atoms with Gasteiger partial charge in [0.1, 0.15) is 0 Å². The van der Waals surface area contributed by atoms with Crippen LogP contribution >= 0.6 is 39.7 Å². The SMILES string of the molecule is Br.COc1ccc(C2CC(c3cccs3)=NN2c2nc(-c3ccc([N+](=O)[O-])cc3)cs2)cc1OC. The summed E-state index contributed by atoms with van der Waals surface area (Å²) in [6, 6.07) is 16.3. The summed E-state index contributed by atoms with van der Waals surface area (Å²) in [6.45, 7) is 0. The second-order valence-corrected chi connectivity index (χ2v) is 9.31. The zero-order valence-corrected chi connectivity index (χ0v) is 22.1. The molecule has 11 heteroatoms. The van der Waals surface area contributed by atoms with Crippen LogP contribution in [0.4, 0.5) is 10.8 Å². The minimum Gasteiger partial charge on any atom is -0.493 e. The van der Waals surface area contributed by atoms with Crippen LogP contribution in [0.2, 0.25) is 0 Å². The Kier molecular flexibility index (Phi) is 7.48. The fourth-order valence-electron chi connectivity index (χ4n) is 3.85. The van der Waals surface area contributed by atoms with Crippen molar-refractivity contribution >= 4 is 56.2 Å². The van der Waals surface area contributed by atoms with E-state index >= 15 is 0 Å². The van der Waals surface area contributed by atoms with Crippen molar-refractivity contribution < 1.29 is 14.4 Å². The summed E-state index contributed by atoms with van der Waals surface area (Å²) in [4.78, 5) is 16.5. The standard InChI is InChI=1S/C24H20N4O4S2.BrH/c1-31-21-10-7-16(12-22(21)32-2)20-13-18(23-4-3-11-33-23)26-27(20)24-25-19(14-34-24)15-5-8-17(9-6-15)28(29)30;/h3-12,14,20H,13H2,1-2H3;1H. The van der Waals surface area contributed by atoms with E-state index < -0.39 is 4.92 Å². The van der Waals surface area contributed by atoms with Gasteiger partial charge in [-0.1, -0.05) is 12.1 Å². The number of halogens is 1. The molecule has 2 aromatic heterocycles. The zero-order valence-electron chi connectivity index (χ0n) is 18.8. The molecule has 2 aromatic carbocycles. The molecule has 0 saturated heterocycles. The number of anilines is 1. The Bertz CT molecular complexity index is 1360. The lowest BCUT2D eigenvalue weighted by Crippen LogP contribution is -2.18. The molecule has 180 valence electrons. The van der Waals surface area contributed by atoms with E-state index in [4.69, 9.17) is 19.6 Å². The van der Waals surface area contributed by atoms with Gasteiger partial charge in [0.2, 0.25) is 5.13 Å². The summed E-state index contributed by atoms with van der Waals surface area (Å²) >= 11 is 3.15. The highest BCUT2D eigenvalue weighted by molar-refractivity contribution is 8.93. The summed E-state index contributed by atoms with van der Waals surface area (Å²) in [5, 5.41) is 22.6. The Balaban J connectivity index is 0.00000289. The number of hydrogen-bond acceptors (Lipinski definition) is 9. The maximum atomic E-state index is 11.0. The van der Waals surface area contributed by atoms with Gasteiger partial charge in [-0.15, -0.1) is 39.7 Å². The number of nitro groups is 1. The minimum absolute atomic E-state index is 0. The molecule has 1 aliphatic heterocycles. The van der Waals surface area contributed by atoms with Crippen LogP contribution in [0.1, 0.15) is 22.9 Å². The van der Waals surface area contributed by atoms with Crippen molar-refractivity contribution in [3.8, 4) is 22.8 Å². The number of thiophene rings is 1. The minimum atomic E-state index is -0.408. The number of non-ortho nitro benzene ring substituents is 1. The van der Waals surface area contributed by atoms with E-state index in [2.05, 4.69) is 6.07 Å². The topological polar surface area (TPSA) is 90.1 Å². The second-order valence-electron chi connectivity index (χ2n) is 7.52. The normalized spacial score (nSPS) is 14.9. The molecule has 1 aliphatic rings. The zero-order chi connectivity index (χ0) is 23.7. The third-order valence-electron chi connectivity index (χ3n) is 5.57. The smallest absolute Gasteiger partial charge is 0.269 e. The van der Waals surface area contributed by atoms with Gasteiger partial charge in [0.15, 0.2) is 11.5 Å². The summed E-state index contributed by atoms with van der Waals surface area (Å²) in [7, 11) is 3.24. The number of aromatic nitrogens is 1. The van der Waals surface area contributed by atoms with E-state index in [1.54, 1.807) is 37.7 Å². The van der Waals surface area contributed by atoms with Gasteiger partial charge in [0.05, 0.1) is 41.5 Å². The van der Waals surface area contributed by atoms with Crippen LogP contribution < -0.4 is 14.5 Å². The molecule has 0 spiro atoms. The largest absolute Gasteiger partial charge is 0.493 e. The van der Waals surface area contributed by atoms with Crippen LogP contribution in [0.15, 0.2) is 70.5 Å². The van der Waals surface area contributed by atoms with E-state index in [1.807, 2.05) is 40.0 Å². The molecule has 3 heterocycles.